The van der Waals surface area contributed by atoms with E-state index in [1.54, 1.807) is 13.0 Å². The van der Waals surface area contributed by atoms with Crippen molar-refractivity contribution in [2.45, 2.75) is 65.2 Å². The van der Waals surface area contributed by atoms with Crippen molar-refractivity contribution in [3.8, 4) is 5.75 Å². The summed E-state index contributed by atoms with van der Waals surface area (Å²) in [6.45, 7) is 5.65. The van der Waals surface area contributed by atoms with Gasteiger partial charge in [0.2, 0.25) is 0 Å². The van der Waals surface area contributed by atoms with Crippen molar-refractivity contribution < 1.29 is 14.3 Å². The molecule has 1 unspecified atom stereocenters. The van der Waals surface area contributed by atoms with Crippen LogP contribution in [0.3, 0.4) is 0 Å². The van der Waals surface area contributed by atoms with E-state index in [-0.39, 0.29) is 17.2 Å². The fourth-order valence-corrected chi connectivity index (χ4v) is 2.63. The molecule has 1 aromatic heterocycles. The van der Waals surface area contributed by atoms with Gasteiger partial charge < -0.3 is 15.3 Å². The molecule has 0 radical (unpaired) electrons. The van der Waals surface area contributed by atoms with E-state index in [9.17, 15) is 14.7 Å². The highest BCUT2D eigenvalue weighted by Gasteiger charge is 2.21. The summed E-state index contributed by atoms with van der Waals surface area (Å²) in [5.74, 6) is -0.583. The second kappa shape index (κ2) is 11.9. The number of nitrogens with two attached hydrogens (primary N) is 1. The van der Waals surface area contributed by atoms with Crippen molar-refractivity contribution in [2.24, 2.45) is 5.73 Å². The van der Waals surface area contributed by atoms with E-state index in [1.165, 1.54) is 18.7 Å². The molecular formula is C22H31NO4. The number of hydrogen-bond acceptors (Lipinski definition) is 5. The van der Waals surface area contributed by atoms with Crippen LogP contribution in [0.2, 0.25) is 0 Å². The molecule has 1 rings (SSSR count). The minimum Gasteiger partial charge on any atom is -0.507 e. The van der Waals surface area contributed by atoms with E-state index < -0.39 is 11.4 Å². The lowest BCUT2D eigenvalue weighted by Crippen LogP contribution is -2.16. The molecular weight excluding hydrogens is 342 g/mol. The molecule has 0 aliphatic carbocycles. The summed E-state index contributed by atoms with van der Waals surface area (Å²) in [6, 6.07) is 1.36. The quantitative estimate of drug-likeness (QED) is 0.247. The highest BCUT2D eigenvalue weighted by atomic mass is 16.4. The Morgan fingerprint density at radius 3 is 2.67 bits per heavy atom. The molecule has 27 heavy (non-hydrogen) atoms. The molecule has 0 fully saturated rings. The third-order valence-electron chi connectivity index (χ3n) is 4.38. The highest BCUT2D eigenvalue weighted by Crippen LogP contribution is 2.25. The van der Waals surface area contributed by atoms with E-state index in [4.69, 9.17) is 10.2 Å². The maximum absolute atomic E-state index is 12.5. The van der Waals surface area contributed by atoms with Crippen LogP contribution < -0.4 is 11.4 Å². The first-order valence-electron chi connectivity index (χ1n) is 9.54. The third kappa shape index (κ3) is 7.29. The van der Waals surface area contributed by atoms with Gasteiger partial charge in [-0.25, -0.2) is 4.79 Å². The van der Waals surface area contributed by atoms with Gasteiger partial charge in [0, 0.05) is 12.0 Å². The number of carbonyl (C=O) groups excluding carboxylic acids is 1. The Bertz CT molecular complexity index is 756. The topological polar surface area (TPSA) is 93.5 Å². The average Bonchev–Trinajstić information content (AvgIpc) is 2.63. The van der Waals surface area contributed by atoms with Gasteiger partial charge in [0.15, 0.2) is 5.78 Å². The van der Waals surface area contributed by atoms with Crippen molar-refractivity contribution in [1.29, 1.82) is 0 Å². The summed E-state index contributed by atoms with van der Waals surface area (Å²) in [4.78, 5) is 24.8. The van der Waals surface area contributed by atoms with Crippen LogP contribution in [0.25, 0.3) is 0 Å². The normalized spacial score (nSPS) is 13.5. The van der Waals surface area contributed by atoms with Crippen molar-refractivity contribution >= 4 is 5.78 Å². The first-order chi connectivity index (χ1) is 12.9. The SMILES string of the molecule is CCCCC/C=C/C=C(\C)C(=O)c1c(O)cc(C(C)CC/C=C/N)oc1=O. The Balaban J connectivity index is 2.90. The highest BCUT2D eigenvalue weighted by molar-refractivity contribution is 6.09. The summed E-state index contributed by atoms with van der Waals surface area (Å²) >= 11 is 0. The predicted molar refractivity (Wildman–Crippen MR) is 109 cm³/mol. The standard InChI is InChI=1S/C22H31NO4/c1-4-5-6-7-8-9-13-17(3)21(25)20-18(24)15-19(27-22(20)26)16(2)12-10-11-14-23/h8-9,11,13-16,24H,4-7,10,12,23H2,1-3H3/b9-8+,14-11+,17-13+. The van der Waals surface area contributed by atoms with Crippen molar-refractivity contribution in [2.75, 3.05) is 0 Å². The number of aromatic hydroxyl groups is 1. The summed E-state index contributed by atoms with van der Waals surface area (Å²) in [6.07, 6.45) is 14.6. The van der Waals surface area contributed by atoms with Crippen LogP contribution in [0, 0.1) is 0 Å². The Kier molecular flexibility index (Phi) is 9.94. The molecule has 5 nitrogen and oxygen atoms in total. The van der Waals surface area contributed by atoms with Gasteiger partial charge in [-0.05, 0) is 44.4 Å². The number of Topliss-reactive ketones (excluding diaryl/α,β-unsaturated/α-hetero) is 1. The van der Waals surface area contributed by atoms with E-state index in [0.717, 1.165) is 25.7 Å². The minimum atomic E-state index is -0.809. The Labute approximate surface area is 161 Å². The van der Waals surface area contributed by atoms with Crippen LogP contribution in [0.4, 0.5) is 0 Å². The van der Waals surface area contributed by atoms with Crippen molar-refractivity contribution in [3.63, 3.8) is 0 Å². The summed E-state index contributed by atoms with van der Waals surface area (Å²) < 4.78 is 5.29. The zero-order valence-corrected chi connectivity index (χ0v) is 16.5. The fourth-order valence-electron chi connectivity index (χ4n) is 2.63. The van der Waals surface area contributed by atoms with Crippen LogP contribution in [-0.2, 0) is 0 Å². The molecule has 1 aromatic rings. The zero-order valence-electron chi connectivity index (χ0n) is 16.5. The second-order valence-corrected chi connectivity index (χ2v) is 6.71. The lowest BCUT2D eigenvalue weighted by atomic mass is 10.00. The molecule has 0 aliphatic heterocycles. The predicted octanol–water partition coefficient (Wildman–Crippen LogP) is 4.97. The number of carbonyl (C=O) groups is 1. The van der Waals surface area contributed by atoms with Gasteiger partial charge in [0.1, 0.15) is 17.1 Å². The molecule has 5 heteroatoms. The molecule has 3 N–H and O–H groups in total. The number of allylic oxidation sites excluding steroid dienone is 5. The summed E-state index contributed by atoms with van der Waals surface area (Å²) in [5.41, 5.74) is 4.55. The van der Waals surface area contributed by atoms with E-state index in [0.29, 0.717) is 17.8 Å². The van der Waals surface area contributed by atoms with Crippen molar-refractivity contribution in [1.82, 2.24) is 0 Å². The smallest absolute Gasteiger partial charge is 0.351 e. The molecule has 1 heterocycles. The summed E-state index contributed by atoms with van der Waals surface area (Å²) in [7, 11) is 0. The fraction of sp³-hybridized carbons (Fsp3) is 0.455. The Morgan fingerprint density at radius 1 is 1.30 bits per heavy atom. The Morgan fingerprint density at radius 2 is 2.04 bits per heavy atom. The van der Waals surface area contributed by atoms with Gasteiger partial charge in [-0.1, -0.05) is 51.0 Å². The first kappa shape index (κ1) is 22.5. The number of unbranched alkanes of at least 4 members (excludes halogenated alkanes) is 3. The third-order valence-corrected chi connectivity index (χ3v) is 4.38. The van der Waals surface area contributed by atoms with Gasteiger partial charge in [-0.2, -0.15) is 0 Å². The van der Waals surface area contributed by atoms with E-state index >= 15 is 0 Å². The van der Waals surface area contributed by atoms with E-state index in [1.807, 2.05) is 25.2 Å². The van der Waals surface area contributed by atoms with Gasteiger partial charge in [0.25, 0.3) is 0 Å². The van der Waals surface area contributed by atoms with Gasteiger partial charge >= 0.3 is 5.63 Å². The molecule has 148 valence electrons. The first-order valence-corrected chi connectivity index (χ1v) is 9.54. The van der Waals surface area contributed by atoms with Crippen LogP contribution in [-0.4, -0.2) is 10.9 Å². The van der Waals surface area contributed by atoms with E-state index in [2.05, 4.69) is 6.92 Å². The van der Waals surface area contributed by atoms with Crippen LogP contribution in [0.1, 0.15) is 81.3 Å². The largest absolute Gasteiger partial charge is 0.507 e. The molecule has 0 spiro atoms. The molecule has 0 amide bonds. The van der Waals surface area contributed by atoms with Gasteiger partial charge in [-0.15, -0.1) is 0 Å². The van der Waals surface area contributed by atoms with Crippen LogP contribution in [0.15, 0.2) is 51.4 Å². The minimum absolute atomic E-state index is 0.0772. The maximum Gasteiger partial charge on any atom is 0.351 e. The number of ketones is 1. The molecule has 0 aliphatic rings. The average molecular weight is 373 g/mol. The second-order valence-electron chi connectivity index (χ2n) is 6.71. The lowest BCUT2D eigenvalue weighted by Gasteiger charge is -2.10. The monoisotopic (exact) mass is 373 g/mol. The lowest BCUT2D eigenvalue weighted by molar-refractivity contribution is 0.102. The summed E-state index contributed by atoms with van der Waals surface area (Å²) in [5, 5.41) is 10.2. The molecule has 0 aromatic carbocycles. The Hall–Kier alpha value is -2.56. The molecule has 1 atom stereocenters. The molecule has 0 bridgehead atoms. The zero-order chi connectivity index (χ0) is 20.2. The number of rotatable bonds is 11. The molecule has 0 saturated carbocycles. The number of hydrogen-bond donors (Lipinski definition) is 2. The van der Waals surface area contributed by atoms with Gasteiger partial charge in [0.05, 0.1) is 0 Å². The molecule has 0 saturated heterocycles. The maximum atomic E-state index is 12.5. The van der Waals surface area contributed by atoms with Gasteiger partial charge in [-0.3, -0.25) is 4.79 Å². The van der Waals surface area contributed by atoms with Crippen LogP contribution >= 0.6 is 0 Å². The van der Waals surface area contributed by atoms with Crippen LogP contribution in [0.5, 0.6) is 5.75 Å². The van der Waals surface area contributed by atoms with Crippen molar-refractivity contribution in [3.05, 3.63) is 63.9 Å².